The molecule has 1 aliphatic rings. The summed E-state index contributed by atoms with van der Waals surface area (Å²) in [6.45, 7) is 0. The Morgan fingerprint density at radius 2 is 1.71 bits per heavy atom. The van der Waals surface area contributed by atoms with Crippen LogP contribution in [0, 0.1) is 0 Å². The van der Waals surface area contributed by atoms with Crippen molar-refractivity contribution >= 4 is 23.1 Å². The summed E-state index contributed by atoms with van der Waals surface area (Å²) >= 11 is 1.41. The van der Waals surface area contributed by atoms with E-state index in [1.165, 1.54) is 11.5 Å². The van der Waals surface area contributed by atoms with E-state index in [2.05, 4.69) is 9.69 Å². The number of anilines is 1. The lowest BCUT2D eigenvalue weighted by molar-refractivity contribution is -0.116. The van der Waals surface area contributed by atoms with Crippen molar-refractivity contribution in [2.75, 3.05) is 26.6 Å². The van der Waals surface area contributed by atoms with E-state index in [9.17, 15) is 4.79 Å². The second-order valence-electron chi connectivity index (χ2n) is 6.40. The van der Waals surface area contributed by atoms with Crippen LogP contribution in [0.5, 0.6) is 17.2 Å². The maximum atomic E-state index is 12.5. The smallest absolute Gasteiger partial charge is 0.225 e. The summed E-state index contributed by atoms with van der Waals surface area (Å²) in [5, 5.41) is 3.01. The first-order chi connectivity index (χ1) is 13.7. The Bertz CT molecular complexity index is 991. The zero-order valence-corrected chi connectivity index (χ0v) is 16.6. The highest BCUT2D eigenvalue weighted by molar-refractivity contribution is 7.07. The van der Waals surface area contributed by atoms with Gasteiger partial charge in [0.05, 0.1) is 31.9 Å². The molecule has 0 saturated carbocycles. The number of benzene rings is 2. The molecule has 0 fully saturated rings. The highest BCUT2D eigenvalue weighted by Crippen LogP contribution is 2.48. The van der Waals surface area contributed by atoms with Crippen LogP contribution in [-0.2, 0) is 4.79 Å². The quantitative estimate of drug-likeness (QED) is 0.696. The monoisotopic (exact) mass is 396 g/mol. The van der Waals surface area contributed by atoms with Gasteiger partial charge < -0.3 is 19.5 Å². The van der Waals surface area contributed by atoms with Crippen molar-refractivity contribution in [3.8, 4) is 28.5 Å². The molecular weight excluding hydrogens is 376 g/mol. The highest BCUT2D eigenvalue weighted by Gasteiger charge is 2.32. The summed E-state index contributed by atoms with van der Waals surface area (Å²) in [6, 6.07) is 13.7. The van der Waals surface area contributed by atoms with Crippen molar-refractivity contribution < 1.29 is 19.0 Å². The minimum absolute atomic E-state index is 0.0383. The number of carbonyl (C=O) groups excluding carboxylic acids is 1. The van der Waals surface area contributed by atoms with E-state index in [4.69, 9.17) is 14.2 Å². The summed E-state index contributed by atoms with van der Waals surface area (Å²) in [5.41, 5.74) is 3.48. The van der Waals surface area contributed by atoms with Crippen LogP contribution < -0.4 is 19.5 Å². The van der Waals surface area contributed by atoms with Crippen LogP contribution >= 0.6 is 11.5 Å². The van der Waals surface area contributed by atoms with Gasteiger partial charge in [0.25, 0.3) is 0 Å². The zero-order chi connectivity index (χ0) is 19.7. The maximum absolute atomic E-state index is 12.5. The minimum atomic E-state index is -0.132. The first-order valence-corrected chi connectivity index (χ1v) is 9.58. The van der Waals surface area contributed by atoms with Gasteiger partial charge in [0.1, 0.15) is 5.69 Å². The molecule has 0 aliphatic carbocycles. The Morgan fingerprint density at radius 3 is 2.32 bits per heavy atom. The first kappa shape index (κ1) is 18.3. The summed E-state index contributed by atoms with van der Waals surface area (Å²) in [7, 11) is 4.74. The van der Waals surface area contributed by atoms with Crippen LogP contribution in [0.3, 0.4) is 0 Å². The fourth-order valence-electron chi connectivity index (χ4n) is 3.49. The molecular formula is C21H20N2O4S. The number of carbonyl (C=O) groups is 1. The largest absolute Gasteiger partial charge is 0.493 e. The lowest BCUT2D eigenvalue weighted by Crippen LogP contribution is -2.22. The number of ether oxygens (including phenoxy) is 3. The number of aromatic nitrogens is 1. The van der Waals surface area contributed by atoms with Crippen molar-refractivity contribution in [3.63, 3.8) is 0 Å². The third-order valence-corrected chi connectivity index (χ3v) is 5.78. The number of amides is 1. The fraction of sp³-hybridized carbons (Fsp3) is 0.238. The number of hydrogen-bond donors (Lipinski definition) is 1. The van der Waals surface area contributed by atoms with E-state index in [-0.39, 0.29) is 11.8 Å². The molecule has 2 heterocycles. The van der Waals surface area contributed by atoms with Crippen LogP contribution in [-0.4, -0.2) is 31.6 Å². The molecule has 3 aromatic rings. The van der Waals surface area contributed by atoms with E-state index in [0.717, 1.165) is 27.4 Å². The van der Waals surface area contributed by atoms with Gasteiger partial charge in [-0.1, -0.05) is 30.3 Å². The number of hydrogen-bond acceptors (Lipinski definition) is 6. The van der Waals surface area contributed by atoms with Crippen molar-refractivity contribution in [1.29, 1.82) is 0 Å². The Balaban J connectivity index is 1.83. The van der Waals surface area contributed by atoms with Crippen LogP contribution in [0.4, 0.5) is 5.69 Å². The third-order valence-electron chi connectivity index (χ3n) is 4.83. The predicted molar refractivity (Wildman–Crippen MR) is 109 cm³/mol. The summed E-state index contributed by atoms with van der Waals surface area (Å²) in [6.07, 6.45) is 0.335. The van der Waals surface area contributed by atoms with Crippen molar-refractivity contribution in [1.82, 2.24) is 4.37 Å². The van der Waals surface area contributed by atoms with E-state index < -0.39 is 0 Å². The molecule has 1 atom stereocenters. The number of nitrogens with zero attached hydrogens (tertiary/aromatic N) is 1. The normalized spacial score (nSPS) is 15.5. The van der Waals surface area contributed by atoms with Gasteiger partial charge in [-0.15, -0.1) is 0 Å². The van der Waals surface area contributed by atoms with Crippen molar-refractivity contribution in [3.05, 3.63) is 52.9 Å². The fourth-order valence-corrected chi connectivity index (χ4v) is 4.47. The molecule has 4 rings (SSSR count). The van der Waals surface area contributed by atoms with Gasteiger partial charge in [-0.25, -0.2) is 0 Å². The molecule has 1 aromatic heterocycles. The Morgan fingerprint density at radius 1 is 1.04 bits per heavy atom. The topological polar surface area (TPSA) is 69.7 Å². The van der Waals surface area contributed by atoms with Crippen LogP contribution in [0.1, 0.15) is 22.8 Å². The van der Waals surface area contributed by atoms with Gasteiger partial charge in [0.2, 0.25) is 11.7 Å². The first-order valence-electron chi connectivity index (χ1n) is 8.81. The van der Waals surface area contributed by atoms with Gasteiger partial charge in [-0.2, -0.15) is 4.37 Å². The predicted octanol–water partition coefficient (Wildman–Crippen LogP) is 4.31. The Labute approximate surface area is 167 Å². The molecule has 28 heavy (non-hydrogen) atoms. The summed E-state index contributed by atoms with van der Waals surface area (Å²) in [4.78, 5) is 13.5. The molecule has 1 N–H and O–H groups in total. The van der Waals surface area contributed by atoms with E-state index in [1.807, 2.05) is 42.5 Å². The molecule has 6 nitrogen and oxygen atoms in total. The number of methoxy groups -OCH3 is 3. The molecule has 0 radical (unpaired) electrons. The highest BCUT2D eigenvalue weighted by atomic mass is 32.1. The molecule has 1 aliphatic heterocycles. The standard InChI is InChI=1S/C21H20N2O4S/c1-25-15-9-13(10-16(26-2)20(15)27-3)14-11-17(24)22-19-18(23-28-21(14)19)12-7-5-4-6-8-12/h4-10,14H,11H2,1-3H3,(H,22,24)/t14-/m1/s1. The second kappa shape index (κ2) is 7.52. The molecule has 2 aromatic carbocycles. The average Bonchev–Trinajstić information content (AvgIpc) is 3.16. The molecule has 0 bridgehead atoms. The second-order valence-corrected chi connectivity index (χ2v) is 7.20. The van der Waals surface area contributed by atoms with Gasteiger partial charge in [0, 0.05) is 17.9 Å². The molecule has 7 heteroatoms. The van der Waals surface area contributed by atoms with Gasteiger partial charge in [-0.05, 0) is 29.2 Å². The van der Waals surface area contributed by atoms with Gasteiger partial charge in [0.15, 0.2) is 11.5 Å². The lowest BCUT2D eigenvalue weighted by atomic mass is 9.89. The van der Waals surface area contributed by atoms with Gasteiger partial charge >= 0.3 is 0 Å². The summed E-state index contributed by atoms with van der Waals surface area (Å²) < 4.78 is 21.0. The van der Waals surface area contributed by atoms with E-state index in [0.29, 0.717) is 23.7 Å². The summed E-state index contributed by atoms with van der Waals surface area (Å²) in [5.74, 6) is 1.49. The molecule has 0 saturated heterocycles. The SMILES string of the molecule is COc1cc([C@H]2CC(=O)Nc3c(-c4ccccc4)nsc32)cc(OC)c1OC. The molecule has 144 valence electrons. The molecule has 0 spiro atoms. The van der Waals surface area contributed by atoms with Gasteiger partial charge in [-0.3, -0.25) is 4.79 Å². The van der Waals surface area contributed by atoms with Crippen LogP contribution in [0.15, 0.2) is 42.5 Å². The maximum Gasteiger partial charge on any atom is 0.225 e. The number of nitrogens with one attached hydrogen (secondary N) is 1. The zero-order valence-electron chi connectivity index (χ0n) is 15.8. The molecule has 0 unspecified atom stereocenters. The number of rotatable bonds is 5. The van der Waals surface area contributed by atoms with E-state index in [1.54, 1.807) is 21.3 Å². The average molecular weight is 396 g/mol. The lowest BCUT2D eigenvalue weighted by Gasteiger charge is -2.24. The number of fused-ring (bicyclic) bond motifs is 1. The Hall–Kier alpha value is -3.06. The molecule has 1 amide bonds. The Kier molecular flexibility index (Phi) is 4.92. The van der Waals surface area contributed by atoms with E-state index >= 15 is 0 Å². The van der Waals surface area contributed by atoms with Crippen molar-refractivity contribution in [2.45, 2.75) is 12.3 Å². The van der Waals surface area contributed by atoms with Crippen LogP contribution in [0.2, 0.25) is 0 Å². The minimum Gasteiger partial charge on any atom is -0.493 e. The third kappa shape index (κ3) is 3.07. The van der Waals surface area contributed by atoms with Crippen molar-refractivity contribution in [2.24, 2.45) is 0 Å². The van der Waals surface area contributed by atoms with Crippen LogP contribution in [0.25, 0.3) is 11.3 Å².